The van der Waals surface area contributed by atoms with E-state index in [2.05, 4.69) is 13.8 Å². The molecule has 0 spiro atoms. The van der Waals surface area contributed by atoms with Gasteiger partial charge in [0, 0.05) is 18.7 Å². The second kappa shape index (κ2) is 16.1. The molecular weight excluding hydrogens is 316 g/mol. The van der Waals surface area contributed by atoms with Crippen LogP contribution in [0.5, 0.6) is 0 Å². The van der Waals surface area contributed by atoms with Gasteiger partial charge >= 0.3 is 11.9 Å². The number of halogens is 1. The van der Waals surface area contributed by atoms with Crippen molar-refractivity contribution in [3.05, 3.63) is 0 Å². The van der Waals surface area contributed by atoms with Crippen molar-refractivity contribution in [3.63, 3.8) is 0 Å². The van der Waals surface area contributed by atoms with E-state index in [0.717, 1.165) is 50.8 Å². The smallest absolute Gasteiger partial charge is 0.305 e. The van der Waals surface area contributed by atoms with E-state index in [1.54, 1.807) is 0 Å². The van der Waals surface area contributed by atoms with Crippen molar-refractivity contribution in [2.24, 2.45) is 5.92 Å². The van der Waals surface area contributed by atoms with Crippen LogP contribution in [0, 0.1) is 5.92 Å². The molecule has 0 saturated heterocycles. The van der Waals surface area contributed by atoms with E-state index in [9.17, 15) is 9.59 Å². The average molecular weight is 349 g/mol. The van der Waals surface area contributed by atoms with Crippen LogP contribution in [0.15, 0.2) is 0 Å². The highest BCUT2D eigenvalue weighted by molar-refractivity contribution is 6.17. The fourth-order valence-corrected chi connectivity index (χ4v) is 2.36. The fraction of sp³-hybridized carbons (Fsp3) is 0.889. The monoisotopic (exact) mass is 348 g/mol. The van der Waals surface area contributed by atoms with Gasteiger partial charge in [-0.15, -0.1) is 11.6 Å². The van der Waals surface area contributed by atoms with Crippen molar-refractivity contribution < 1.29 is 19.1 Å². The average Bonchev–Trinajstić information content (AvgIpc) is 2.55. The molecule has 136 valence electrons. The molecule has 0 rings (SSSR count). The van der Waals surface area contributed by atoms with Crippen molar-refractivity contribution in [1.29, 1.82) is 0 Å². The normalized spacial score (nSPS) is 10.8. The summed E-state index contributed by atoms with van der Waals surface area (Å²) in [6, 6.07) is 0. The lowest BCUT2D eigenvalue weighted by atomic mass is 10.1. The van der Waals surface area contributed by atoms with Crippen LogP contribution in [0.3, 0.4) is 0 Å². The molecule has 5 heteroatoms. The van der Waals surface area contributed by atoms with Crippen molar-refractivity contribution >= 4 is 23.5 Å². The number of unbranched alkanes of at least 4 members (excludes halogenated alkanes) is 4. The molecule has 0 aliphatic heterocycles. The van der Waals surface area contributed by atoms with Crippen LogP contribution in [0.4, 0.5) is 0 Å². The first-order valence-electron chi connectivity index (χ1n) is 9.01. The lowest BCUT2D eigenvalue weighted by Gasteiger charge is -2.12. The maximum absolute atomic E-state index is 11.6. The first-order chi connectivity index (χ1) is 11.1. The summed E-state index contributed by atoms with van der Waals surface area (Å²) in [5.41, 5.74) is 0. The molecule has 0 atom stereocenters. The molecule has 0 aliphatic rings. The lowest BCUT2D eigenvalue weighted by molar-refractivity contribution is -0.146. The number of hydrogen-bond acceptors (Lipinski definition) is 4. The van der Waals surface area contributed by atoms with Gasteiger partial charge < -0.3 is 9.47 Å². The zero-order valence-corrected chi connectivity index (χ0v) is 15.5. The fourth-order valence-electron chi connectivity index (χ4n) is 2.17. The zero-order valence-electron chi connectivity index (χ0n) is 14.8. The molecule has 0 saturated carbocycles. The maximum atomic E-state index is 11.6. The van der Waals surface area contributed by atoms with Gasteiger partial charge in [0.1, 0.15) is 0 Å². The number of carbonyl (C=O) groups is 2. The molecule has 0 fully saturated rings. The van der Waals surface area contributed by atoms with Gasteiger partial charge in [-0.1, -0.05) is 46.0 Å². The molecule has 23 heavy (non-hydrogen) atoms. The molecule has 0 N–H and O–H groups in total. The number of carbonyl (C=O) groups excluding carboxylic acids is 2. The molecule has 0 amide bonds. The molecular formula is C18H33ClO4. The molecule has 0 heterocycles. The van der Waals surface area contributed by atoms with Crippen LogP contribution in [0.1, 0.15) is 78.1 Å². The van der Waals surface area contributed by atoms with Crippen LogP contribution in [0.25, 0.3) is 0 Å². The molecule has 0 aromatic rings. The Bertz CT molecular complexity index is 303. The van der Waals surface area contributed by atoms with E-state index in [1.807, 2.05) is 0 Å². The van der Waals surface area contributed by atoms with Crippen LogP contribution in [-0.2, 0) is 19.1 Å². The summed E-state index contributed by atoms with van der Waals surface area (Å²) >= 11 is 5.60. The van der Waals surface area contributed by atoms with E-state index < -0.39 is 0 Å². The summed E-state index contributed by atoms with van der Waals surface area (Å²) in [5.74, 6) is 0.713. The SMILES string of the molecule is CCC(CC)COC(=O)CCCC(=O)OCCCCCCCCl. The van der Waals surface area contributed by atoms with Crippen LogP contribution < -0.4 is 0 Å². The Labute approximate surface area is 146 Å². The van der Waals surface area contributed by atoms with Gasteiger partial charge in [0.2, 0.25) is 0 Å². The summed E-state index contributed by atoms with van der Waals surface area (Å²) in [4.78, 5) is 23.1. The maximum Gasteiger partial charge on any atom is 0.305 e. The van der Waals surface area contributed by atoms with Crippen molar-refractivity contribution in [3.8, 4) is 0 Å². The van der Waals surface area contributed by atoms with Crippen molar-refractivity contribution in [1.82, 2.24) is 0 Å². The predicted octanol–water partition coefficient (Wildman–Crippen LogP) is 4.87. The highest BCUT2D eigenvalue weighted by Crippen LogP contribution is 2.09. The molecule has 4 nitrogen and oxygen atoms in total. The Kier molecular flexibility index (Phi) is 15.6. The largest absolute Gasteiger partial charge is 0.466 e. The highest BCUT2D eigenvalue weighted by Gasteiger charge is 2.10. The van der Waals surface area contributed by atoms with Gasteiger partial charge in [-0.3, -0.25) is 9.59 Å². The Morgan fingerprint density at radius 1 is 0.826 bits per heavy atom. The molecule has 0 aliphatic carbocycles. The first-order valence-corrected chi connectivity index (χ1v) is 9.54. The van der Waals surface area contributed by atoms with E-state index in [-0.39, 0.29) is 24.8 Å². The number of hydrogen-bond donors (Lipinski definition) is 0. The summed E-state index contributed by atoms with van der Waals surface area (Å²) in [6.45, 7) is 5.14. The molecule has 0 bridgehead atoms. The third-order valence-corrected chi connectivity index (χ3v) is 4.20. The van der Waals surface area contributed by atoms with Gasteiger partial charge in [0.15, 0.2) is 0 Å². The molecule has 0 radical (unpaired) electrons. The van der Waals surface area contributed by atoms with E-state index in [4.69, 9.17) is 21.1 Å². The third-order valence-electron chi connectivity index (χ3n) is 3.94. The van der Waals surface area contributed by atoms with Gasteiger partial charge in [0.05, 0.1) is 13.2 Å². The van der Waals surface area contributed by atoms with Gasteiger partial charge in [0.25, 0.3) is 0 Å². The topological polar surface area (TPSA) is 52.6 Å². The summed E-state index contributed by atoms with van der Waals surface area (Å²) < 4.78 is 10.4. The Morgan fingerprint density at radius 2 is 1.39 bits per heavy atom. The highest BCUT2D eigenvalue weighted by atomic mass is 35.5. The minimum atomic E-state index is -0.224. The zero-order chi connectivity index (χ0) is 17.3. The summed E-state index contributed by atoms with van der Waals surface area (Å²) in [6.07, 6.45) is 8.37. The van der Waals surface area contributed by atoms with Gasteiger partial charge in [-0.05, 0) is 25.2 Å². The van der Waals surface area contributed by atoms with Gasteiger partial charge in [-0.2, -0.15) is 0 Å². The molecule has 0 aromatic heterocycles. The van der Waals surface area contributed by atoms with Crippen LogP contribution in [-0.4, -0.2) is 31.0 Å². The van der Waals surface area contributed by atoms with E-state index in [0.29, 0.717) is 25.6 Å². The third kappa shape index (κ3) is 14.5. The Hall–Kier alpha value is -0.770. The molecule has 0 unspecified atom stereocenters. The second-order valence-electron chi connectivity index (χ2n) is 5.90. The second-order valence-corrected chi connectivity index (χ2v) is 6.27. The first kappa shape index (κ1) is 22.2. The van der Waals surface area contributed by atoms with Gasteiger partial charge in [-0.25, -0.2) is 0 Å². The minimum Gasteiger partial charge on any atom is -0.466 e. The predicted molar refractivity (Wildman–Crippen MR) is 93.6 cm³/mol. The van der Waals surface area contributed by atoms with Crippen molar-refractivity contribution in [2.45, 2.75) is 78.1 Å². The summed E-state index contributed by atoms with van der Waals surface area (Å²) in [7, 11) is 0. The van der Waals surface area contributed by atoms with Crippen LogP contribution in [0.2, 0.25) is 0 Å². The number of rotatable bonds is 15. The van der Waals surface area contributed by atoms with Crippen LogP contribution >= 0.6 is 11.6 Å². The molecule has 0 aromatic carbocycles. The standard InChI is InChI=1S/C18H33ClO4/c1-3-16(4-2)15-23-18(21)12-10-11-17(20)22-14-9-7-5-6-8-13-19/h16H,3-15H2,1-2H3. The lowest BCUT2D eigenvalue weighted by Crippen LogP contribution is -2.13. The number of esters is 2. The Morgan fingerprint density at radius 3 is 2.00 bits per heavy atom. The number of alkyl halides is 1. The van der Waals surface area contributed by atoms with E-state index >= 15 is 0 Å². The Balaban J connectivity index is 3.46. The summed E-state index contributed by atoms with van der Waals surface area (Å²) in [5, 5.41) is 0. The quantitative estimate of drug-likeness (QED) is 0.241. The minimum absolute atomic E-state index is 0.219. The van der Waals surface area contributed by atoms with E-state index in [1.165, 1.54) is 0 Å². The van der Waals surface area contributed by atoms with Crippen molar-refractivity contribution in [2.75, 3.05) is 19.1 Å². The number of ether oxygens (including phenoxy) is 2.